The molecule has 4 nitrogen and oxygen atoms in total. The van der Waals surface area contributed by atoms with Crippen LogP contribution in [0.3, 0.4) is 0 Å². The number of aryl methyl sites for hydroxylation is 1. The number of ether oxygens (including phenoxy) is 1. The van der Waals surface area contributed by atoms with Crippen LogP contribution < -0.4 is 10.1 Å². The summed E-state index contributed by atoms with van der Waals surface area (Å²) < 4.78 is 7.65. The van der Waals surface area contributed by atoms with Gasteiger partial charge in [-0.15, -0.1) is 0 Å². The molecule has 0 radical (unpaired) electrons. The average Bonchev–Trinajstić information content (AvgIpc) is 2.83. The highest BCUT2D eigenvalue weighted by molar-refractivity contribution is 5.27. The van der Waals surface area contributed by atoms with Crippen molar-refractivity contribution in [2.24, 2.45) is 7.05 Å². The second-order valence-electron chi connectivity index (χ2n) is 6.29. The Hall–Kier alpha value is -1.81. The van der Waals surface area contributed by atoms with E-state index in [1.165, 1.54) is 11.3 Å². The van der Waals surface area contributed by atoms with Gasteiger partial charge in [0.2, 0.25) is 0 Å². The third kappa shape index (κ3) is 5.23. The molecule has 0 amide bonds. The number of aromatic nitrogens is 2. The number of nitrogens with zero attached hydrogens (tertiary/aromatic N) is 2. The summed E-state index contributed by atoms with van der Waals surface area (Å²) in [6, 6.07) is 10.3. The molecule has 0 atom stereocenters. The SMILES string of the molecule is Cn1nccc1CCOc1ccc(CNC(C)(C)C)cc1. The molecule has 0 spiro atoms. The van der Waals surface area contributed by atoms with Gasteiger partial charge in [-0.25, -0.2) is 0 Å². The monoisotopic (exact) mass is 287 g/mol. The summed E-state index contributed by atoms with van der Waals surface area (Å²) >= 11 is 0. The predicted octanol–water partition coefficient (Wildman–Crippen LogP) is 2.93. The molecule has 0 saturated carbocycles. The van der Waals surface area contributed by atoms with E-state index in [4.69, 9.17) is 4.74 Å². The fourth-order valence-corrected chi connectivity index (χ4v) is 1.99. The number of nitrogens with one attached hydrogen (secondary N) is 1. The number of hydrogen-bond donors (Lipinski definition) is 1. The molecule has 1 aromatic heterocycles. The second-order valence-corrected chi connectivity index (χ2v) is 6.29. The zero-order chi connectivity index (χ0) is 15.3. The molecule has 1 heterocycles. The molecule has 0 aliphatic carbocycles. The molecular formula is C17H25N3O. The molecule has 0 unspecified atom stereocenters. The fourth-order valence-electron chi connectivity index (χ4n) is 1.99. The van der Waals surface area contributed by atoms with E-state index < -0.39 is 0 Å². The molecule has 0 fully saturated rings. The summed E-state index contributed by atoms with van der Waals surface area (Å²) in [5.41, 5.74) is 2.59. The van der Waals surface area contributed by atoms with Gasteiger partial charge < -0.3 is 10.1 Å². The highest BCUT2D eigenvalue weighted by Crippen LogP contribution is 2.13. The fraction of sp³-hybridized carbons (Fsp3) is 0.471. The van der Waals surface area contributed by atoms with Crippen molar-refractivity contribution in [2.45, 2.75) is 39.3 Å². The van der Waals surface area contributed by atoms with E-state index in [2.05, 4.69) is 43.3 Å². The van der Waals surface area contributed by atoms with E-state index in [0.717, 1.165) is 18.7 Å². The summed E-state index contributed by atoms with van der Waals surface area (Å²) in [6.07, 6.45) is 2.68. The molecule has 21 heavy (non-hydrogen) atoms. The number of hydrogen-bond acceptors (Lipinski definition) is 3. The van der Waals surface area contributed by atoms with E-state index in [0.29, 0.717) is 6.61 Å². The highest BCUT2D eigenvalue weighted by Gasteiger charge is 2.08. The number of benzene rings is 1. The van der Waals surface area contributed by atoms with Crippen molar-refractivity contribution in [3.63, 3.8) is 0 Å². The van der Waals surface area contributed by atoms with Gasteiger partial charge in [0.1, 0.15) is 5.75 Å². The van der Waals surface area contributed by atoms with Crippen LogP contribution in [0.2, 0.25) is 0 Å². The summed E-state index contributed by atoms with van der Waals surface area (Å²) in [4.78, 5) is 0. The van der Waals surface area contributed by atoms with Crippen LogP contribution in [0, 0.1) is 0 Å². The van der Waals surface area contributed by atoms with E-state index in [1.807, 2.05) is 36.1 Å². The molecule has 0 aliphatic rings. The van der Waals surface area contributed by atoms with Gasteiger partial charge in [-0.3, -0.25) is 4.68 Å². The molecule has 0 saturated heterocycles. The van der Waals surface area contributed by atoms with Crippen molar-refractivity contribution in [3.05, 3.63) is 47.8 Å². The summed E-state index contributed by atoms with van der Waals surface area (Å²) in [7, 11) is 1.95. The topological polar surface area (TPSA) is 39.1 Å². The van der Waals surface area contributed by atoms with Crippen LogP contribution in [0.1, 0.15) is 32.0 Å². The number of rotatable bonds is 6. The first-order chi connectivity index (χ1) is 9.94. The maximum atomic E-state index is 5.77. The van der Waals surface area contributed by atoms with Gasteiger partial charge in [-0.05, 0) is 44.5 Å². The van der Waals surface area contributed by atoms with E-state index >= 15 is 0 Å². The standard InChI is InChI=1S/C17H25N3O/c1-17(2,3)18-13-14-5-7-16(8-6-14)21-12-10-15-9-11-19-20(15)4/h5-9,11,18H,10,12-13H2,1-4H3. The van der Waals surface area contributed by atoms with Gasteiger partial charge in [-0.1, -0.05) is 12.1 Å². The van der Waals surface area contributed by atoms with E-state index in [-0.39, 0.29) is 5.54 Å². The predicted molar refractivity (Wildman–Crippen MR) is 85.4 cm³/mol. The van der Waals surface area contributed by atoms with Crippen LogP contribution in [-0.4, -0.2) is 21.9 Å². The lowest BCUT2D eigenvalue weighted by molar-refractivity contribution is 0.318. The largest absolute Gasteiger partial charge is 0.493 e. The first-order valence-corrected chi connectivity index (χ1v) is 7.38. The minimum absolute atomic E-state index is 0.137. The Morgan fingerprint density at radius 1 is 1.14 bits per heavy atom. The first kappa shape index (κ1) is 15.6. The summed E-state index contributed by atoms with van der Waals surface area (Å²) in [6.45, 7) is 8.05. The first-order valence-electron chi connectivity index (χ1n) is 7.38. The van der Waals surface area contributed by atoms with Gasteiger partial charge in [0.25, 0.3) is 0 Å². The lowest BCUT2D eigenvalue weighted by Gasteiger charge is -2.20. The molecule has 1 N–H and O–H groups in total. The van der Waals surface area contributed by atoms with Crippen LogP contribution in [0.5, 0.6) is 5.75 Å². The van der Waals surface area contributed by atoms with Crippen LogP contribution in [-0.2, 0) is 20.0 Å². The lowest BCUT2D eigenvalue weighted by Crippen LogP contribution is -2.35. The van der Waals surface area contributed by atoms with Crippen molar-refractivity contribution in [2.75, 3.05) is 6.61 Å². The van der Waals surface area contributed by atoms with Gasteiger partial charge in [-0.2, -0.15) is 5.10 Å². The molecular weight excluding hydrogens is 262 g/mol. The van der Waals surface area contributed by atoms with Crippen molar-refractivity contribution < 1.29 is 4.74 Å². The average molecular weight is 287 g/mol. The van der Waals surface area contributed by atoms with Gasteiger partial charge >= 0.3 is 0 Å². The van der Waals surface area contributed by atoms with E-state index in [9.17, 15) is 0 Å². The van der Waals surface area contributed by atoms with Gasteiger partial charge in [0, 0.05) is 37.4 Å². The summed E-state index contributed by atoms with van der Waals surface area (Å²) in [5, 5.41) is 7.62. The minimum atomic E-state index is 0.137. The van der Waals surface area contributed by atoms with Crippen LogP contribution in [0.25, 0.3) is 0 Å². The molecule has 2 rings (SSSR count). The molecule has 0 bridgehead atoms. The Labute approximate surface area is 127 Å². The van der Waals surface area contributed by atoms with Gasteiger partial charge in [0.05, 0.1) is 6.61 Å². The Morgan fingerprint density at radius 3 is 2.43 bits per heavy atom. The third-order valence-electron chi connectivity index (χ3n) is 3.30. The van der Waals surface area contributed by atoms with Gasteiger partial charge in [0.15, 0.2) is 0 Å². The normalized spacial score (nSPS) is 11.6. The third-order valence-corrected chi connectivity index (χ3v) is 3.30. The lowest BCUT2D eigenvalue weighted by atomic mass is 10.1. The van der Waals surface area contributed by atoms with Crippen molar-refractivity contribution in [3.8, 4) is 5.75 Å². The Morgan fingerprint density at radius 2 is 1.86 bits per heavy atom. The Kier molecular flexibility index (Phi) is 5.02. The summed E-state index contributed by atoms with van der Waals surface area (Å²) in [5.74, 6) is 0.914. The zero-order valence-electron chi connectivity index (χ0n) is 13.4. The smallest absolute Gasteiger partial charge is 0.119 e. The second kappa shape index (κ2) is 6.76. The minimum Gasteiger partial charge on any atom is -0.493 e. The Balaban J connectivity index is 1.78. The zero-order valence-corrected chi connectivity index (χ0v) is 13.4. The van der Waals surface area contributed by atoms with Crippen molar-refractivity contribution in [1.82, 2.24) is 15.1 Å². The highest BCUT2D eigenvalue weighted by atomic mass is 16.5. The van der Waals surface area contributed by atoms with Crippen molar-refractivity contribution >= 4 is 0 Å². The Bertz CT molecular complexity index is 552. The maximum Gasteiger partial charge on any atom is 0.119 e. The van der Waals surface area contributed by atoms with Crippen LogP contribution >= 0.6 is 0 Å². The van der Waals surface area contributed by atoms with Crippen LogP contribution in [0.15, 0.2) is 36.5 Å². The molecule has 0 aliphatic heterocycles. The molecule has 2 aromatic rings. The van der Waals surface area contributed by atoms with E-state index in [1.54, 1.807) is 0 Å². The molecule has 4 heteroatoms. The maximum absolute atomic E-state index is 5.77. The molecule has 1 aromatic carbocycles. The quantitative estimate of drug-likeness (QED) is 0.888. The van der Waals surface area contributed by atoms with Crippen molar-refractivity contribution in [1.29, 1.82) is 0 Å². The van der Waals surface area contributed by atoms with Crippen LogP contribution in [0.4, 0.5) is 0 Å². The molecule has 114 valence electrons.